The molecule has 0 aromatic rings. The second-order valence-electron chi connectivity index (χ2n) is 8.43. The Bertz CT molecular complexity index is 603. The molecule has 3 saturated heterocycles. The second-order valence-corrected chi connectivity index (χ2v) is 8.43. The summed E-state index contributed by atoms with van der Waals surface area (Å²) < 4.78 is 35.2. The molecule has 1 spiro atoms. The number of carbonyl (C=O) groups is 1. The van der Waals surface area contributed by atoms with Crippen LogP contribution in [0.3, 0.4) is 0 Å². The SMILES string of the molecule is CC1(C)O[C@H]([C@H]2COC(C)(C)O2)[C@@H](/C=C2/OC3(CCCCC3)OC2=O)O1. The second kappa shape index (κ2) is 6.19. The van der Waals surface area contributed by atoms with Gasteiger partial charge in [-0.15, -0.1) is 0 Å². The van der Waals surface area contributed by atoms with E-state index in [1.165, 1.54) is 0 Å². The topological polar surface area (TPSA) is 72.5 Å². The molecule has 26 heavy (non-hydrogen) atoms. The van der Waals surface area contributed by atoms with Gasteiger partial charge >= 0.3 is 5.97 Å². The lowest BCUT2D eigenvalue weighted by Crippen LogP contribution is -2.37. The van der Waals surface area contributed by atoms with E-state index in [1.807, 2.05) is 27.7 Å². The monoisotopic (exact) mass is 368 g/mol. The van der Waals surface area contributed by atoms with E-state index in [-0.39, 0.29) is 11.9 Å². The molecule has 3 aliphatic heterocycles. The van der Waals surface area contributed by atoms with Gasteiger partial charge < -0.3 is 28.4 Å². The minimum Gasteiger partial charge on any atom is -0.445 e. The number of hydrogen-bond donors (Lipinski definition) is 0. The third kappa shape index (κ3) is 3.50. The largest absolute Gasteiger partial charge is 0.445 e. The summed E-state index contributed by atoms with van der Waals surface area (Å²) in [4.78, 5) is 12.4. The van der Waals surface area contributed by atoms with Crippen molar-refractivity contribution in [1.29, 1.82) is 0 Å². The summed E-state index contributed by atoms with van der Waals surface area (Å²) in [5, 5.41) is 0. The zero-order valence-electron chi connectivity index (χ0n) is 15.9. The van der Waals surface area contributed by atoms with Crippen LogP contribution in [0.25, 0.3) is 0 Å². The van der Waals surface area contributed by atoms with Gasteiger partial charge in [-0.1, -0.05) is 6.42 Å². The summed E-state index contributed by atoms with van der Waals surface area (Å²) in [5.74, 6) is -2.45. The van der Waals surface area contributed by atoms with E-state index in [0.29, 0.717) is 6.61 Å². The van der Waals surface area contributed by atoms with Crippen LogP contribution >= 0.6 is 0 Å². The highest BCUT2D eigenvalue weighted by Gasteiger charge is 2.51. The van der Waals surface area contributed by atoms with Crippen LogP contribution in [-0.4, -0.2) is 48.2 Å². The Kier molecular flexibility index (Phi) is 4.34. The van der Waals surface area contributed by atoms with Gasteiger partial charge in [-0.3, -0.25) is 0 Å². The molecule has 7 nitrogen and oxygen atoms in total. The summed E-state index contributed by atoms with van der Waals surface area (Å²) in [7, 11) is 0. The van der Waals surface area contributed by atoms with E-state index in [0.717, 1.165) is 32.1 Å². The van der Waals surface area contributed by atoms with E-state index in [4.69, 9.17) is 28.4 Å². The van der Waals surface area contributed by atoms with Gasteiger partial charge in [0, 0.05) is 12.8 Å². The van der Waals surface area contributed by atoms with Crippen LogP contribution in [0.4, 0.5) is 0 Å². The molecule has 3 heterocycles. The van der Waals surface area contributed by atoms with Crippen LogP contribution in [0, 0.1) is 0 Å². The maximum atomic E-state index is 12.4. The lowest BCUT2D eigenvalue weighted by Gasteiger charge is -2.29. The van der Waals surface area contributed by atoms with Crippen LogP contribution in [0.1, 0.15) is 59.8 Å². The standard InChI is InChI=1S/C19H28O7/c1-17(2)21-11-14(23-17)15-12(22-18(3,4)25-15)10-13-16(20)26-19(24-13)8-6-5-7-9-19/h10,12,14-15H,5-9,11H2,1-4H3/b13-10+/t12-,14-,15+/m1/s1. The number of hydrogen-bond acceptors (Lipinski definition) is 7. The van der Waals surface area contributed by atoms with E-state index < -0.39 is 35.5 Å². The minimum atomic E-state index is -0.791. The fourth-order valence-electron chi connectivity index (χ4n) is 4.14. The molecule has 0 aromatic heterocycles. The first-order valence-corrected chi connectivity index (χ1v) is 9.49. The molecule has 3 atom stereocenters. The molecule has 0 radical (unpaired) electrons. The highest BCUT2D eigenvalue weighted by atomic mass is 16.8. The van der Waals surface area contributed by atoms with Crippen molar-refractivity contribution in [2.24, 2.45) is 0 Å². The average molecular weight is 368 g/mol. The van der Waals surface area contributed by atoms with Crippen LogP contribution in [0.5, 0.6) is 0 Å². The Morgan fingerprint density at radius 2 is 1.65 bits per heavy atom. The third-order valence-corrected chi connectivity index (χ3v) is 5.27. The number of rotatable bonds is 2. The molecular formula is C19H28O7. The fraction of sp³-hybridized carbons (Fsp3) is 0.842. The van der Waals surface area contributed by atoms with Crippen LogP contribution in [0.2, 0.25) is 0 Å². The maximum absolute atomic E-state index is 12.4. The third-order valence-electron chi connectivity index (χ3n) is 5.27. The summed E-state index contributed by atoms with van der Waals surface area (Å²) in [6, 6.07) is 0. The van der Waals surface area contributed by atoms with Crippen LogP contribution in [-0.2, 0) is 33.2 Å². The van der Waals surface area contributed by atoms with Gasteiger partial charge in [-0.2, -0.15) is 0 Å². The van der Waals surface area contributed by atoms with Gasteiger partial charge in [-0.05, 0) is 46.6 Å². The average Bonchev–Trinajstić information content (AvgIpc) is 3.15. The molecule has 1 saturated carbocycles. The predicted octanol–water partition coefficient (Wildman–Crippen LogP) is 2.78. The molecule has 0 unspecified atom stereocenters. The smallest absolute Gasteiger partial charge is 0.376 e. The van der Waals surface area contributed by atoms with Crippen molar-refractivity contribution in [3.05, 3.63) is 11.8 Å². The zero-order chi connectivity index (χ0) is 18.6. The first-order chi connectivity index (χ1) is 12.2. The quantitative estimate of drug-likeness (QED) is 0.548. The van der Waals surface area contributed by atoms with Crippen LogP contribution in [0.15, 0.2) is 11.8 Å². The molecule has 1 aliphatic carbocycles. The number of ether oxygens (including phenoxy) is 6. The molecule has 0 bridgehead atoms. The van der Waals surface area contributed by atoms with Crippen LogP contribution < -0.4 is 0 Å². The number of esters is 1. The molecule has 4 aliphatic rings. The molecule has 0 N–H and O–H groups in total. The van der Waals surface area contributed by atoms with Crippen molar-refractivity contribution in [2.75, 3.05) is 6.61 Å². The minimum absolute atomic E-state index is 0.210. The Morgan fingerprint density at radius 1 is 0.923 bits per heavy atom. The normalized spacial score (nSPS) is 39.3. The molecule has 4 rings (SSSR count). The lowest BCUT2D eigenvalue weighted by atomic mass is 9.94. The van der Waals surface area contributed by atoms with E-state index in [9.17, 15) is 4.79 Å². The van der Waals surface area contributed by atoms with Crippen molar-refractivity contribution < 1.29 is 33.2 Å². The fourth-order valence-corrected chi connectivity index (χ4v) is 4.14. The Balaban J connectivity index is 1.53. The summed E-state index contributed by atoms with van der Waals surface area (Å²) >= 11 is 0. The van der Waals surface area contributed by atoms with Crippen molar-refractivity contribution in [3.8, 4) is 0 Å². The Morgan fingerprint density at radius 3 is 2.31 bits per heavy atom. The summed E-state index contributed by atoms with van der Waals surface area (Å²) in [5.41, 5.74) is 0. The van der Waals surface area contributed by atoms with Crippen molar-refractivity contribution in [2.45, 2.75) is 95.5 Å². The molecule has 146 valence electrons. The van der Waals surface area contributed by atoms with Gasteiger partial charge in [-0.25, -0.2) is 4.79 Å². The highest BCUT2D eigenvalue weighted by Crippen LogP contribution is 2.41. The molecule has 0 aromatic carbocycles. The maximum Gasteiger partial charge on any atom is 0.376 e. The highest BCUT2D eigenvalue weighted by molar-refractivity contribution is 5.88. The van der Waals surface area contributed by atoms with Gasteiger partial charge in [0.15, 0.2) is 11.6 Å². The summed E-state index contributed by atoms with van der Waals surface area (Å²) in [6.07, 6.45) is 5.15. The zero-order valence-corrected chi connectivity index (χ0v) is 15.9. The molecule has 4 fully saturated rings. The van der Waals surface area contributed by atoms with E-state index >= 15 is 0 Å². The van der Waals surface area contributed by atoms with Gasteiger partial charge in [0.1, 0.15) is 18.3 Å². The Hall–Kier alpha value is -1.15. The molecular weight excluding hydrogens is 340 g/mol. The predicted molar refractivity (Wildman–Crippen MR) is 89.8 cm³/mol. The van der Waals surface area contributed by atoms with Crippen molar-refractivity contribution in [3.63, 3.8) is 0 Å². The van der Waals surface area contributed by atoms with Gasteiger partial charge in [0.2, 0.25) is 5.76 Å². The first-order valence-electron chi connectivity index (χ1n) is 9.49. The van der Waals surface area contributed by atoms with E-state index in [2.05, 4.69) is 0 Å². The van der Waals surface area contributed by atoms with Crippen molar-refractivity contribution >= 4 is 5.97 Å². The summed E-state index contributed by atoms with van der Waals surface area (Å²) in [6.45, 7) is 7.83. The van der Waals surface area contributed by atoms with Gasteiger partial charge in [0.25, 0.3) is 5.79 Å². The Labute approximate surface area is 153 Å². The van der Waals surface area contributed by atoms with Crippen molar-refractivity contribution in [1.82, 2.24) is 0 Å². The first kappa shape index (κ1) is 18.2. The molecule has 7 heteroatoms. The van der Waals surface area contributed by atoms with Gasteiger partial charge in [0.05, 0.1) is 6.61 Å². The number of carbonyl (C=O) groups excluding carboxylic acids is 1. The lowest BCUT2D eigenvalue weighted by molar-refractivity contribution is -0.182. The van der Waals surface area contributed by atoms with E-state index in [1.54, 1.807) is 6.08 Å². The molecule has 0 amide bonds.